The summed E-state index contributed by atoms with van der Waals surface area (Å²) in [6.45, 7) is 4.74. The van der Waals surface area contributed by atoms with Gasteiger partial charge in [-0.05, 0) is 32.0 Å². The third kappa shape index (κ3) is 3.91. The minimum atomic E-state index is -0.229. The molecule has 2 aromatic rings. The SMILES string of the molecule is CCN(CCO)C(=O)C(C)Sc1ccnc2cc(Cl)ccc12. The first kappa shape index (κ1) is 17.1. The van der Waals surface area contributed by atoms with Crippen molar-refractivity contribution >= 4 is 40.2 Å². The second kappa shape index (κ2) is 7.81. The largest absolute Gasteiger partial charge is 0.395 e. The maximum absolute atomic E-state index is 12.4. The van der Waals surface area contributed by atoms with Gasteiger partial charge in [-0.25, -0.2) is 0 Å². The number of aliphatic hydroxyl groups excluding tert-OH is 1. The maximum Gasteiger partial charge on any atom is 0.235 e. The summed E-state index contributed by atoms with van der Waals surface area (Å²) >= 11 is 7.49. The Labute approximate surface area is 139 Å². The maximum atomic E-state index is 12.4. The Kier molecular flexibility index (Phi) is 6.06. The Balaban J connectivity index is 2.21. The summed E-state index contributed by atoms with van der Waals surface area (Å²) in [7, 11) is 0. The van der Waals surface area contributed by atoms with Gasteiger partial charge in [0.15, 0.2) is 0 Å². The van der Waals surface area contributed by atoms with Crippen molar-refractivity contribution in [2.45, 2.75) is 24.0 Å². The van der Waals surface area contributed by atoms with Crippen LogP contribution in [0.1, 0.15) is 13.8 Å². The van der Waals surface area contributed by atoms with Gasteiger partial charge in [0.1, 0.15) is 0 Å². The Bertz CT molecular complexity index is 666. The number of nitrogens with zero attached hydrogens (tertiary/aromatic N) is 2. The van der Waals surface area contributed by atoms with Gasteiger partial charge in [-0.15, -0.1) is 11.8 Å². The predicted molar refractivity (Wildman–Crippen MR) is 91.4 cm³/mol. The normalized spacial score (nSPS) is 12.4. The highest BCUT2D eigenvalue weighted by atomic mass is 35.5. The lowest BCUT2D eigenvalue weighted by Crippen LogP contribution is -2.38. The van der Waals surface area contributed by atoms with Gasteiger partial charge in [0.25, 0.3) is 0 Å². The van der Waals surface area contributed by atoms with E-state index in [4.69, 9.17) is 16.7 Å². The lowest BCUT2D eigenvalue weighted by Gasteiger charge is -2.23. The van der Waals surface area contributed by atoms with Crippen molar-refractivity contribution < 1.29 is 9.90 Å². The molecule has 1 heterocycles. The quantitative estimate of drug-likeness (QED) is 0.822. The zero-order valence-corrected chi connectivity index (χ0v) is 14.2. The molecule has 118 valence electrons. The Hall–Kier alpha value is -1.30. The number of carbonyl (C=O) groups is 1. The molecule has 0 bridgehead atoms. The molecule has 2 rings (SSSR count). The summed E-state index contributed by atoms with van der Waals surface area (Å²) < 4.78 is 0. The van der Waals surface area contributed by atoms with Crippen LogP contribution in [0.5, 0.6) is 0 Å². The first-order valence-corrected chi connectivity index (χ1v) is 8.43. The molecule has 22 heavy (non-hydrogen) atoms. The minimum absolute atomic E-state index is 0.0202. The Morgan fingerprint density at radius 1 is 1.45 bits per heavy atom. The van der Waals surface area contributed by atoms with Crippen LogP contribution < -0.4 is 0 Å². The monoisotopic (exact) mass is 338 g/mol. The van der Waals surface area contributed by atoms with Gasteiger partial charge in [-0.3, -0.25) is 9.78 Å². The molecule has 1 N–H and O–H groups in total. The first-order valence-electron chi connectivity index (χ1n) is 7.17. The van der Waals surface area contributed by atoms with E-state index >= 15 is 0 Å². The van der Waals surface area contributed by atoms with Gasteiger partial charge in [0.2, 0.25) is 5.91 Å². The molecule has 0 spiro atoms. The van der Waals surface area contributed by atoms with E-state index in [1.807, 2.05) is 38.1 Å². The third-order valence-electron chi connectivity index (χ3n) is 3.38. The molecule has 0 aliphatic carbocycles. The molecule has 1 aromatic heterocycles. The van der Waals surface area contributed by atoms with Gasteiger partial charge < -0.3 is 10.0 Å². The van der Waals surface area contributed by atoms with Crippen molar-refractivity contribution in [1.29, 1.82) is 0 Å². The second-order valence-corrected chi connectivity index (χ2v) is 6.69. The van der Waals surface area contributed by atoms with Crippen LogP contribution in [0.3, 0.4) is 0 Å². The van der Waals surface area contributed by atoms with Crippen LogP contribution in [0.4, 0.5) is 0 Å². The summed E-state index contributed by atoms with van der Waals surface area (Å²) in [5, 5.41) is 10.4. The molecular weight excluding hydrogens is 320 g/mol. The van der Waals surface area contributed by atoms with E-state index in [-0.39, 0.29) is 17.8 Å². The standard InChI is InChI=1S/C16H19ClN2O2S/c1-3-19(8-9-20)16(21)11(2)22-15-6-7-18-14-10-12(17)4-5-13(14)15/h4-7,10-11,20H,3,8-9H2,1-2H3. The van der Waals surface area contributed by atoms with Crippen LogP contribution in [0.2, 0.25) is 5.02 Å². The molecule has 0 radical (unpaired) electrons. The van der Waals surface area contributed by atoms with Crippen LogP contribution in [0.25, 0.3) is 10.9 Å². The zero-order chi connectivity index (χ0) is 16.1. The van der Waals surface area contributed by atoms with E-state index in [1.165, 1.54) is 11.8 Å². The zero-order valence-electron chi connectivity index (χ0n) is 12.6. The number of fused-ring (bicyclic) bond motifs is 1. The highest BCUT2D eigenvalue weighted by Crippen LogP contribution is 2.31. The minimum Gasteiger partial charge on any atom is -0.395 e. The first-order chi connectivity index (χ1) is 10.6. The topological polar surface area (TPSA) is 53.4 Å². The number of rotatable bonds is 6. The lowest BCUT2D eigenvalue weighted by atomic mass is 10.2. The number of aliphatic hydroxyl groups is 1. The Morgan fingerprint density at radius 3 is 2.91 bits per heavy atom. The van der Waals surface area contributed by atoms with Crippen LogP contribution in [0, 0.1) is 0 Å². The van der Waals surface area contributed by atoms with Crippen molar-refractivity contribution in [1.82, 2.24) is 9.88 Å². The second-order valence-electron chi connectivity index (χ2n) is 4.87. The lowest BCUT2D eigenvalue weighted by molar-refractivity contribution is -0.130. The average Bonchev–Trinajstić information content (AvgIpc) is 2.51. The van der Waals surface area contributed by atoms with Crippen molar-refractivity contribution in [3.05, 3.63) is 35.5 Å². The number of hydrogen-bond acceptors (Lipinski definition) is 4. The average molecular weight is 339 g/mol. The molecule has 0 fully saturated rings. The fourth-order valence-electron chi connectivity index (χ4n) is 2.24. The molecule has 4 nitrogen and oxygen atoms in total. The molecule has 0 saturated heterocycles. The Morgan fingerprint density at radius 2 is 2.23 bits per heavy atom. The van der Waals surface area contributed by atoms with E-state index in [9.17, 15) is 4.79 Å². The van der Waals surface area contributed by atoms with Gasteiger partial charge >= 0.3 is 0 Å². The highest BCUT2D eigenvalue weighted by molar-refractivity contribution is 8.00. The summed E-state index contributed by atoms with van der Waals surface area (Å²) in [6.07, 6.45) is 1.73. The van der Waals surface area contributed by atoms with Crippen LogP contribution in [-0.2, 0) is 4.79 Å². The molecule has 1 atom stereocenters. The molecular formula is C16H19ClN2O2S. The number of pyridine rings is 1. The molecule has 1 amide bonds. The van der Waals surface area contributed by atoms with Gasteiger partial charge in [-0.2, -0.15) is 0 Å². The molecule has 1 unspecified atom stereocenters. The number of halogens is 1. The molecule has 0 aliphatic rings. The van der Waals surface area contributed by atoms with Gasteiger partial charge in [0.05, 0.1) is 17.4 Å². The summed E-state index contributed by atoms with van der Waals surface area (Å²) in [5.41, 5.74) is 0.819. The number of benzene rings is 1. The van der Waals surface area contributed by atoms with Crippen LogP contribution in [-0.4, -0.2) is 45.8 Å². The number of carbonyl (C=O) groups excluding carboxylic acids is 1. The van der Waals surface area contributed by atoms with E-state index in [0.717, 1.165) is 15.8 Å². The number of hydrogen-bond donors (Lipinski definition) is 1. The number of likely N-dealkylation sites (N-methyl/N-ethyl adjacent to an activating group) is 1. The van der Waals surface area contributed by atoms with Crippen molar-refractivity contribution in [2.24, 2.45) is 0 Å². The van der Waals surface area contributed by atoms with Gasteiger partial charge in [0, 0.05) is 34.6 Å². The fraction of sp³-hybridized carbons (Fsp3) is 0.375. The number of thioether (sulfide) groups is 1. The van der Waals surface area contributed by atoms with Crippen molar-refractivity contribution in [3.63, 3.8) is 0 Å². The summed E-state index contributed by atoms with van der Waals surface area (Å²) in [5.74, 6) is 0.0282. The number of aromatic nitrogens is 1. The van der Waals surface area contributed by atoms with Crippen molar-refractivity contribution in [3.8, 4) is 0 Å². The fourth-order valence-corrected chi connectivity index (χ4v) is 3.48. The smallest absolute Gasteiger partial charge is 0.235 e. The van der Waals surface area contributed by atoms with E-state index in [2.05, 4.69) is 4.98 Å². The number of amides is 1. The van der Waals surface area contributed by atoms with E-state index in [1.54, 1.807) is 11.1 Å². The van der Waals surface area contributed by atoms with E-state index < -0.39 is 0 Å². The molecule has 0 aliphatic heterocycles. The third-order valence-corrected chi connectivity index (χ3v) is 4.78. The molecule has 6 heteroatoms. The van der Waals surface area contributed by atoms with Crippen LogP contribution >= 0.6 is 23.4 Å². The highest BCUT2D eigenvalue weighted by Gasteiger charge is 2.20. The molecule has 1 aromatic carbocycles. The van der Waals surface area contributed by atoms with E-state index in [0.29, 0.717) is 18.1 Å². The summed E-state index contributed by atoms with van der Waals surface area (Å²) in [6, 6.07) is 7.48. The van der Waals surface area contributed by atoms with Crippen molar-refractivity contribution in [2.75, 3.05) is 19.7 Å². The summed E-state index contributed by atoms with van der Waals surface area (Å²) in [4.78, 5) is 19.4. The predicted octanol–water partition coefficient (Wildman–Crippen LogP) is 3.21. The van der Waals surface area contributed by atoms with Gasteiger partial charge in [-0.1, -0.05) is 17.7 Å². The molecule has 0 saturated carbocycles. The van der Waals surface area contributed by atoms with Crippen LogP contribution in [0.15, 0.2) is 35.4 Å².